The Kier molecular flexibility index (Phi) is 5.32. The van der Waals surface area contributed by atoms with Crippen LogP contribution in [0.25, 0.3) is 10.8 Å². The Morgan fingerprint density at radius 2 is 2.08 bits per heavy atom. The molecule has 0 spiro atoms. The third-order valence-electron chi connectivity index (χ3n) is 3.41. The Morgan fingerprint density at radius 3 is 2.75 bits per heavy atom. The Labute approximate surface area is 148 Å². The Hall–Kier alpha value is -2.12. The number of carbonyl (C=O) groups is 1. The number of benzene rings is 1. The molecule has 3 rings (SSSR count). The molecule has 124 valence electrons. The predicted octanol–water partition coefficient (Wildman–Crippen LogP) is 4.48. The molecule has 0 radical (unpaired) electrons. The van der Waals surface area contributed by atoms with Crippen LogP contribution in [0.4, 0.5) is 5.69 Å². The number of aryl methyl sites for hydroxylation is 1. The molecule has 1 atom stereocenters. The molecular weight excluding hydrogens is 342 g/mol. The lowest BCUT2D eigenvalue weighted by atomic mass is 10.1. The number of hydrogen-bond donors (Lipinski definition) is 1. The summed E-state index contributed by atoms with van der Waals surface area (Å²) in [6.07, 6.45) is 0.976. The van der Waals surface area contributed by atoms with Gasteiger partial charge in [-0.1, -0.05) is 36.9 Å². The molecule has 0 saturated carbocycles. The zero-order valence-corrected chi connectivity index (χ0v) is 15.0. The molecule has 1 aromatic carbocycles. The quantitative estimate of drug-likeness (QED) is 0.657. The highest BCUT2D eigenvalue weighted by atomic mass is 32.2. The molecular formula is C17H17N3O2S2. The first-order chi connectivity index (χ1) is 11.7. The minimum Gasteiger partial charge on any atom is -0.410 e. The molecule has 2 heterocycles. The number of thiophene rings is 1. The van der Waals surface area contributed by atoms with Gasteiger partial charge in [-0.2, -0.15) is 0 Å². The summed E-state index contributed by atoms with van der Waals surface area (Å²) in [6, 6.07) is 11.7. The maximum Gasteiger partial charge on any atom is 0.277 e. The summed E-state index contributed by atoms with van der Waals surface area (Å²) >= 11 is 2.78. The average Bonchev–Trinajstić information content (AvgIpc) is 3.26. The standard InChI is InChI=1S/C17H17N3O2S2/c1-3-12-6-8-13(9-7-12)18-15(21)11(2)24-17-20-19-16(22-17)14-5-4-10-23-14/h4-11H,3H2,1-2H3,(H,18,21). The van der Waals surface area contributed by atoms with Crippen LogP contribution in [0.15, 0.2) is 51.4 Å². The van der Waals surface area contributed by atoms with Crippen molar-refractivity contribution < 1.29 is 9.21 Å². The molecule has 24 heavy (non-hydrogen) atoms. The number of carbonyl (C=O) groups excluding carboxylic acids is 1. The maximum atomic E-state index is 12.3. The monoisotopic (exact) mass is 359 g/mol. The molecule has 0 aliphatic rings. The molecule has 0 aliphatic carbocycles. The number of nitrogens with zero attached hydrogens (tertiary/aromatic N) is 2. The summed E-state index contributed by atoms with van der Waals surface area (Å²) < 4.78 is 5.60. The molecule has 0 fully saturated rings. The fourth-order valence-electron chi connectivity index (χ4n) is 2.03. The summed E-state index contributed by atoms with van der Waals surface area (Å²) in [6.45, 7) is 3.91. The Morgan fingerprint density at radius 1 is 1.29 bits per heavy atom. The Bertz CT molecular complexity index is 798. The van der Waals surface area contributed by atoms with Crippen molar-refractivity contribution in [2.75, 3.05) is 5.32 Å². The van der Waals surface area contributed by atoms with E-state index < -0.39 is 0 Å². The van der Waals surface area contributed by atoms with E-state index in [1.54, 1.807) is 0 Å². The van der Waals surface area contributed by atoms with Gasteiger partial charge in [0.25, 0.3) is 11.1 Å². The van der Waals surface area contributed by atoms with Gasteiger partial charge < -0.3 is 9.73 Å². The van der Waals surface area contributed by atoms with E-state index in [4.69, 9.17) is 4.42 Å². The lowest BCUT2D eigenvalue weighted by Crippen LogP contribution is -2.22. The van der Waals surface area contributed by atoms with Gasteiger partial charge in [0.05, 0.1) is 10.1 Å². The van der Waals surface area contributed by atoms with Gasteiger partial charge in [-0.05, 0) is 42.5 Å². The van der Waals surface area contributed by atoms with Gasteiger partial charge in [0.2, 0.25) is 5.91 Å². The number of anilines is 1. The lowest BCUT2D eigenvalue weighted by Gasteiger charge is -2.10. The highest BCUT2D eigenvalue weighted by molar-refractivity contribution is 8.00. The summed E-state index contributed by atoms with van der Waals surface area (Å²) in [4.78, 5) is 13.2. The molecule has 1 N–H and O–H groups in total. The van der Waals surface area contributed by atoms with Crippen molar-refractivity contribution in [3.8, 4) is 10.8 Å². The topological polar surface area (TPSA) is 68.0 Å². The van der Waals surface area contributed by atoms with E-state index in [1.165, 1.54) is 28.7 Å². The van der Waals surface area contributed by atoms with Crippen LogP contribution < -0.4 is 5.32 Å². The number of rotatable bonds is 6. The molecule has 3 aromatic rings. The van der Waals surface area contributed by atoms with Crippen molar-refractivity contribution in [2.45, 2.75) is 30.7 Å². The smallest absolute Gasteiger partial charge is 0.277 e. The minimum absolute atomic E-state index is 0.0971. The molecule has 0 aliphatic heterocycles. The van der Waals surface area contributed by atoms with Gasteiger partial charge >= 0.3 is 0 Å². The van der Waals surface area contributed by atoms with E-state index in [0.717, 1.165) is 17.0 Å². The van der Waals surface area contributed by atoms with Crippen molar-refractivity contribution in [3.63, 3.8) is 0 Å². The molecule has 5 nitrogen and oxygen atoms in total. The van der Waals surface area contributed by atoms with Crippen LogP contribution in [-0.2, 0) is 11.2 Å². The third-order valence-corrected chi connectivity index (χ3v) is 5.21. The molecule has 1 unspecified atom stereocenters. The largest absolute Gasteiger partial charge is 0.410 e. The van der Waals surface area contributed by atoms with E-state index in [2.05, 4.69) is 22.4 Å². The van der Waals surface area contributed by atoms with Crippen LogP contribution in [0, 0.1) is 0 Å². The van der Waals surface area contributed by atoms with Gasteiger partial charge in [0, 0.05) is 5.69 Å². The first-order valence-corrected chi connectivity index (χ1v) is 9.35. The highest BCUT2D eigenvalue weighted by Crippen LogP contribution is 2.28. The van der Waals surface area contributed by atoms with E-state index in [-0.39, 0.29) is 11.2 Å². The second kappa shape index (κ2) is 7.63. The lowest BCUT2D eigenvalue weighted by molar-refractivity contribution is -0.115. The third kappa shape index (κ3) is 4.04. The molecule has 0 saturated heterocycles. The number of nitrogens with one attached hydrogen (secondary N) is 1. The van der Waals surface area contributed by atoms with Crippen molar-refractivity contribution in [1.82, 2.24) is 10.2 Å². The number of amides is 1. The summed E-state index contributed by atoms with van der Waals surface area (Å²) in [5, 5.41) is 12.9. The normalized spacial score (nSPS) is 12.1. The van der Waals surface area contributed by atoms with Gasteiger partial charge in [-0.15, -0.1) is 21.5 Å². The van der Waals surface area contributed by atoms with Crippen LogP contribution in [0.1, 0.15) is 19.4 Å². The van der Waals surface area contributed by atoms with Crippen molar-refractivity contribution in [3.05, 3.63) is 47.3 Å². The van der Waals surface area contributed by atoms with E-state index >= 15 is 0 Å². The molecule has 1 amide bonds. The van der Waals surface area contributed by atoms with Crippen LogP contribution >= 0.6 is 23.1 Å². The number of aromatic nitrogens is 2. The van der Waals surface area contributed by atoms with E-state index in [0.29, 0.717) is 11.1 Å². The first-order valence-electron chi connectivity index (χ1n) is 7.59. The SMILES string of the molecule is CCc1ccc(NC(=O)C(C)Sc2nnc(-c3cccs3)o2)cc1. The predicted molar refractivity (Wildman–Crippen MR) is 97.4 cm³/mol. The van der Waals surface area contributed by atoms with Crippen molar-refractivity contribution >= 4 is 34.7 Å². The second-order valence-electron chi connectivity index (χ2n) is 5.15. The van der Waals surface area contributed by atoms with Gasteiger partial charge in [-0.25, -0.2) is 0 Å². The van der Waals surface area contributed by atoms with Gasteiger partial charge in [0.15, 0.2) is 0 Å². The molecule has 2 aromatic heterocycles. The number of thioether (sulfide) groups is 1. The maximum absolute atomic E-state index is 12.3. The van der Waals surface area contributed by atoms with E-state index in [9.17, 15) is 4.79 Å². The fraction of sp³-hybridized carbons (Fsp3) is 0.235. The van der Waals surface area contributed by atoms with Crippen LogP contribution in [0.3, 0.4) is 0 Å². The zero-order chi connectivity index (χ0) is 16.9. The van der Waals surface area contributed by atoms with Gasteiger partial charge in [-0.3, -0.25) is 4.79 Å². The summed E-state index contributed by atoms with van der Waals surface area (Å²) in [7, 11) is 0. The second-order valence-corrected chi connectivity index (χ2v) is 7.39. The van der Waals surface area contributed by atoms with Gasteiger partial charge in [0.1, 0.15) is 0 Å². The highest BCUT2D eigenvalue weighted by Gasteiger charge is 2.19. The molecule has 7 heteroatoms. The van der Waals surface area contributed by atoms with Crippen molar-refractivity contribution in [1.29, 1.82) is 0 Å². The van der Waals surface area contributed by atoms with Crippen LogP contribution in [-0.4, -0.2) is 21.4 Å². The average molecular weight is 359 g/mol. The summed E-state index contributed by atoms with van der Waals surface area (Å²) in [5.74, 6) is 0.385. The summed E-state index contributed by atoms with van der Waals surface area (Å²) in [5.41, 5.74) is 2.02. The fourth-order valence-corrected chi connectivity index (χ4v) is 3.36. The van der Waals surface area contributed by atoms with Crippen molar-refractivity contribution in [2.24, 2.45) is 0 Å². The number of hydrogen-bond acceptors (Lipinski definition) is 6. The minimum atomic E-state index is -0.340. The first kappa shape index (κ1) is 16.7. The molecule has 0 bridgehead atoms. The van der Waals surface area contributed by atoms with E-state index in [1.807, 2.05) is 48.7 Å². The zero-order valence-electron chi connectivity index (χ0n) is 13.4. The Balaban J connectivity index is 1.59. The van der Waals surface area contributed by atoms with Crippen LogP contribution in [0.5, 0.6) is 0 Å². The van der Waals surface area contributed by atoms with Crippen LogP contribution in [0.2, 0.25) is 0 Å².